The number of sulfonamides is 1. The Morgan fingerprint density at radius 1 is 1.15 bits per heavy atom. The molecule has 0 fully saturated rings. The van der Waals surface area contributed by atoms with Crippen LogP contribution in [0.2, 0.25) is 0 Å². The summed E-state index contributed by atoms with van der Waals surface area (Å²) in [5, 5.41) is 9.00. The first kappa shape index (κ1) is 14.5. The maximum absolute atomic E-state index is 12.2. The summed E-state index contributed by atoms with van der Waals surface area (Å²) in [6.45, 7) is 1.77. The molecule has 2 rings (SSSR count). The number of aliphatic hydroxyl groups excluding tert-OH is 1. The quantitative estimate of drug-likeness (QED) is 0.882. The Labute approximate surface area is 118 Å². The molecule has 0 radical (unpaired) electrons. The monoisotopic (exact) mass is 292 g/mol. The molecular weight excluding hydrogens is 276 g/mol. The predicted octanol–water partition coefficient (Wildman–Crippen LogP) is 1.94. The maximum atomic E-state index is 12.2. The average molecular weight is 292 g/mol. The highest BCUT2D eigenvalue weighted by atomic mass is 32.2. The number of hydrogen-bond acceptors (Lipinski definition) is 4. The summed E-state index contributed by atoms with van der Waals surface area (Å²) >= 11 is 0. The summed E-state index contributed by atoms with van der Waals surface area (Å²) in [6, 6.07) is 11.5. The van der Waals surface area contributed by atoms with E-state index in [1.165, 1.54) is 6.07 Å². The molecule has 0 bridgehead atoms. The van der Waals surface area contributed by atoms with Crippen LogP contribution in [0.25, 0.3) is 0 Å². The van der Waals surface area contributed by atoms with Crippen molar-refractivity contribution in [3.63, 3.8) is 0 Å². The van der Waals surface area contributed by atoms with Crippen LogP contribution in [-0.4, -0.2) is 18.5 Å². The second-order valence-electron chi connectivity index (χ2n) is 4.28. The third kappa shape index (κ3) is 3.34. The van der Waals surface area contributed by atoms with Gasteiger partial charge in [0.05, 0.1) is 17.2 Å². The van der Waals surface area contributed by atoms with Gasteiger partial charge in [0, 0.05) is 0 Å². The molecule has 0 spiro atoms. The number of hydrogen-bond donors (Lipinski definition) is 2. The molecule has 5 nitrogen and oxygen atoms in total. The molecule has 1 heterocycles. The van der Waals surface area contributed by atoms with Crippen LogP contribution in [0.1, 0.15) is 18.2 Å². The molecule has 0 aliphatic carbocycles. The summed E-state index contributed by atoms with van der Waals surface area (Å²) in [4.78, 5) is 4.18. The van der Waals surface area contributed by atoms with Gasteiger partial charge >= 0.3 is 0 Å². The molecule has 0 amide bonds. The Balaban J connectivity index is 2.25. The molecule has 106 valence electrons. The lowest BCUT2D eigenvalue weighted by molar-refractivity contribution is 0.277. The minimum Gasteiger partial charge on any atom is -0.390 e. The van der Waals surface area contributed by atoms with E-state index >= 15 is 0 Å². The van der Waals surface area contributed by atoms with Crippen LogP contribution in [0, 0.1) is 0 Å². The van der Waals surface area contributed by atoms with Crippen molar-refractivity contribution in [2.45, 2.75) is 24.8 Å². The molecule has 1 aromatic heterocycles. The van der Waals surface area contributed by atoms with E-state index in [2.05, 4.69) is 9.71 Å². The number of benzene rings is 1. The first-order valence-electron chi connectivity index (χ1n) is 6.23. The molecule has 2 aromatic rings. The summed E-state index contributed by atoms with van der Waals surface area (Å²) < 4.78 is 26.8. The first-order chi connectivity index (χ1) is 9.55. The normalized spacial score (nSPS) is 11.3. The lowest BCUT2D eigenvalue weighted by Gasteiger charge is -2.08. The van der Waals surface area contributed by atoms with Crippen LogP contribution in [0.15, 0.2) is 47.4 Å². The largest absolute Gasteiger partial charge is 0.390 e. The Morgan fingerprint density at radius 2 is 1.85 bits per heavy atom. The smallest absolute Gasteiger partial charge is 0.263 e. The lowest BCUT2D eigenvalue weighted by atomic mass is 10.2. The van der Waals surface area contributed by atoms with Gasteiger partial charge < -0.3 is 5.11 Å². The number of anilines is 1. The summed E-state index contributed by atoms with van der Waals surface area (Å²) in [6.07, 6.45) is 0.855. The van der Waals surface area contributed by atoms with E-state index in [1.807, 2.05) is 6.92 Å². The summed E-state index contributed by atoms with van der Waals surface area (Å²) in [5.41, 5.74) is 1.48. The molecule has 1 aromatic carbocycles. The van der Waals surface area contributed by atoms with Crippen LogP contribution >= 0.6 is 0 Å². The van der Waals surface area contributed by atoms with Crippen LogP contribution in [0.4, 0.5) is 5.82 Å². The van der Waals surface area contributed by atoms with Gasteiger partial charge in [-0.15, -0.1) is 0 Å². The molecular formula is C14H16N2O3S. The van der Waals surface area contributed by atoms with E-state index < -0.39 is 10.0 Å². The zero-order chi connectivity index (χ0) is 14.6. The Kier molecular flexibility index (Phi) is 4.36. The van der Waals surface area contributed by atoms with Gasteiger partial charge in [-0.2, -0.15) is 0 Å². The SMILES string of the molecule is CCc1ccc(S(=O)(=O)Nc2cccc(CO)n2)cc1. The van der Waals surface area contributed by atoms with E-state index in [4.69, 9.17) is 5.11 Å². The number of aryl methyl sites for hydroxylation is 1. The fourth-order valence-electron chi connectivity index (χ4n) is 1.73. The Morgan fingerprint density at radius 3 is 2.45 bits per heavy atom. The summed E-state index contributed by atoms with van der Waals surface area (Å²) in [7, 11) is -3.66. The lowest BCUT2D eigenvalue weighted by Crippen LogP contribution is -2.14. The van der Waals surface area contributed by atoms with Gasteiger partial charge in [-0.05, 0) is 36.2 Å². The number of aliphatic hydroxyl groups is 1. The maximum Gasteiger partial charge on any atom is 0.263 e. The van der Waals surface area contributed by atoms with Crippen molar-refractivity contribution in [2.24, 2.45) is 0 Å². The molecule has 0 saturated carbocycles. The second-order valence-corrected chi connectivity index (χ2v) is 5.96. The minimum absolute atomic E-state index is 0.186. The first-order valence-corrected chi connectivity index (χ1v) is 7.72. The van der Waals surface area contributed by atoms with E-state index in [-0.39, 0.29) is 17.3 Å². The van der Waals surface area contributed by atoms with Crippen LogP contribution in [-0.2, 0) is 23.1 Å². The van der Waals surface area contributed by atoms with Crippen molar-refractivity contribution < 1.29 is 13.5 Å². The second kappa shape index (κ2) is 6.02. The van der Waals surface area contributed by atoms with Gasteiger partial charge in [0.2, 0.25) is 0 Å². The Bertz CT molecular complexity index is 682. The van der Waals surface area contributed by atoms with Gasteiger partial charge in [0.15, 0.2) is 0 Å². The summed E-state index contributed by atoms with van der Waals surface area (Å²) in [5.74, 6) is 0.191. The van der Waals surface area contributed by atoms with Crippen molar-refractivity contribution in [1.82, 2.24) is 4.98 Å². The Hall–Kier alpha value is -1.92. The van der Waals surface area contributed by atoms with Crippen molar-refractivity contribution in [3.05, 3.63) is 53.7 Å². The van der Waals surface area contributed by atoms with E-state index in [1.54, 1.807) is 36.4 Å². The number of rotatable bonds is 5. The van der Waals surface area contributed by atoms with Crippen LogP contribution in [0.5, 0.6) is 0 Å². The standard InChI is InChI=1S/C14H16N2O3S/c1-2-11-6-8-13(9-7-11)20(18,19)16-14-5-3-4-12(10-17)15-14/h3-9,17H,2,10H2,1H3,(H,15,16). The minimum atomic E-state index is -3.66. The van der Waals surface area contributed by atoms with Crippen molar-refractivity contribution in [3.8, 4) is 0 Å². The highest BCUT2D eigenvalue weighted by Crippen LogP contribution is 2.15. The van der Waals surface area contributed by atoms with E-state index in [0.717, 1.165) is 12.0 Å². The molecule has 6 heteroatoms. The van der Waals surface area contributed by atoms with Gasteiger partial charge in [-0.25, -0.2) is 13.4 Å². The van der Waals surface area contributed by atoms with E-state index in [0.29, 0.717) is 5.69 Å². The highest BCUT2D eigenvalue weighted by Gasteiger charge is 2.14. The molecule has 20 heavy (non-hydrogen) atoms. The molecule has 2 N–H and O–H groups in total. The molecule has 0 aliphatic heterocycles. The fraction of sp³-hybridized carbons (Fsp3) is 0.214. The van der Waals surface area contributed by atoms with Gasteiger partial charge in [-0.1, -0.05) is 25.1 Å². The third-order valence-corrected chi connectivity index (χ3v) is 4.22. The zero-order valence-electron chi connectivity index (χ0n) is 11.1. The topological polar surface area (TPSA) is 79.3 Å². The van der Waals surface area contributed by atoms with Crippen molar-refractivity contribution in [1.29, 1.82) is 0 Å². The van der Waals surface area contributed by atoms with Crippen LogP contribution in [0.3, 0.4) is 0 Å². The molecule has 0 aliphatic rings. The number of nitrogens with one attached hydrogen (secondary N) is 1. The molecule has 0 unspecified atom stereocenters. The van der Waals surface area contributed by atoms with Gasteiger partial charge in [0.25, 0.3) is 10.0 Å². The zero-order valence-corrected chi connectivity index (χ0v) is 11.9. The highest BCUT2D eigenvalue weighted by molar-refractivity contribution is 7.92. The van der Waals surface area contributed by atoms with E-state index in [9.17, 15) is 8.42 Å². The molecule has 0 saturated heterocycles. The number of pyridine rings is 1. The van der Waals surface area contributed by atoms with Crippen LogP contribution < -0.4 is 4.72 Å². The van der Waals surface area contributed by atoms with Crippen molar-refractivity contribution >= 4 is 15.8 Å². The number of nitrogens with zero attached hydrogens (tertiary/aromatic N) is 1. The predicted molar refractivity (Wildman–Crippen MR) is 76.8 cm³/mol. The molecule has 0 atom stereocenters. The average Bonchev–Trinajstić information content (AvgIpc) is 2.47. The number of aromatic nitrogens is 1. The fourth-order valence-corrected chi connectivity index (χ4v) is 2.73. The third-order valence-electron chi connectivity index (χ3n) is 2.85. The van der Waals surface area contributed by atoms with Gasteiger partial charge in [0.1, 0.15) is 5.82 Å². The van der Waals surface area contributed by atoms with Gasteiger partial charge in [-0.3, -0.25) is 4.72 Å². The van der Waals surface area contributed by atoms with Crippen molar-refractivity contribution in [2.75, 3.05) is 4.72 Å².